The monoisotopic (exact) mass is 362 g/mol. The molecule has 0 bridgehead atoms. The van der Waals surface area contributed by atoms with E-state index < -0.39 is 0 Å². The Morgan fingerprint density at radius 1 is 0.885 bits per heavy atom. The first-order valence-corrected chi connectivity index (χ1v) is 10.1. The van der Waals surface area contributed by atoms with E-state index in [0.29, 0.717) is 17.7 Å². The molecule has 0 spiro atoms. The highest BCUT2D eigenvalue weighted by molar-refractivity contribution is 5.95. The number of hydrogen-bond donors (Lipinski definition) is 0. The molecule has 0 amide bonds. The van der Waals surface area contributed by atoms with Gasteiger partial charge < -0.3 is 9.47 Å². The summed E-state index contributed by atoms with van der Waals surface area (Å²) in [4.78, 5) is 24.5. The average molecular weight is 363 g/mol. The van der Waals surface area contributed by atoms with Gasteiger partial charge in [0.15, 0.2) is 0 Å². The summed E-state index contributed by atoms with van der Waals surface area (Å²) in [6.45, 7) is 6.73. The van der Waals surface area contributed by atoms with E-state index in [0.717, 1.165) is 38.5 Å². The van der Waals surface area contributed by atoms with Crippen LogP contribution in [0.1, 0.15) is 99.3 Å². The maximum absolute atomic E-state index is 12.3. The first kappa shape index (κ1) is 22.2. The van der Waals surface area contributed by atoms with E-state index in [2.05, 4.69) is 13.8 Å². The lowest BCUT2D eigenvalue weighted by atomic mass is 10.1. The molecule has 1 atom stereocenters. The predicted molar refractivity (Wildman–Crippen MR) is 105 cm³/mol. The molecule has 0 radical (unpaired) electrons. The van der Waals surface area contributed by atoms with Crippen molar-refractivity contribution in [3.63, 3.8) is 0 Å². The molecular weight excluding hydrogens is 328 g/mol. The maximum atomic E-state index is 12.3. The highest BCUT2D eigenvalue weighted by atomic mass is 16.5. The van der Waals surface area contributed by atoms with Crippen molar-refractivity contribution in [2.45, 2.75) is 84.7 Å². The van der Waals surface area contributed by atoms with Gasteiger partial charge in [0, 0.05) is 0 Å². The molecule has 1 unspecified atom stereocenters. The molecule has 0 saturated heterocycles. The fourth-order valence-electron chi connectivity index (χ4n) is 2.72. The Balaban J connectivity index is 2.52. The van der Waals surface area contributed by atoms with Crippen molar-refractivity contribution in [2.75, 3.05) is 6.61 Å². The number of rotatable bonds is 13. The van der Waals surface area contributed by atoms with E-state index in [4.69, 9.17) is 9.47 Å². The average Bonchev–Trinajstić information content (AvgIpc) is 2.67. The zero-order valence-electron chi connectivity index (χ0n) is 16.6. The summed E-state index contributed by atoms with van der Waals surface area (Å²) in [5.74, 6) is -0.754. The molecule has 146 valence electrons. The Kier molecular flexibility index (Phi) is 11.4. The van der Waals surface area contributed by atoms with Crippen molar-refractivity contribution in [2.24, 2.45) is 0 Å². The van der Waals surface area contributed by atoms with Gasteiger partial charge in [-0.2, -0.15) is 0 Å². The van der Waals surface area contributed by atoms with Gasteiger partial charge in [-0.1, -0.05) is 65.4 Å². The van der Waals surface area contributed by atoms with E-state index in [1.54, 1.807) is 24.3 Å². The van der Waals surface area contributed by atoms with Crippen molar-refractivity contribution in [3.05, 3.63) is 35.4 Å². The number of ether oxygens (including phenoxy) is 2. The molecule has 1 rings (SSSR count). The largest absolute Gasteiger partial charge is 0.462 e. The Hall–Kier alpha value is -1.84. The molecule has 0 aliphatic rings. The lowest BCUT2D eigenvalue weighted by molar-refractivity contribution is 0.0268. The van der Waals surface area contributed by atoms with Gasteiger partial charge in [0.25, 0.3) is 0 Å². The van der Waals surface area contributed by atoms with Crippen molar-refractivity contribution < 1.29 is 19.1 Å². The molecule has 0 aliphatic heterocycles. The minimum absolute atomic E-state index is 0.0684. The van der Waals surface area contributed by atoms with Gasteiger partial charge in [-0.3, -0.25) is 0 Å². The lowest BCUT2D eigenvalue weighted by Gasteiger charge is -2.16. The van der Waals surface area contributed by atoms with E-state index >= 15 is 0 Å². The normalized spacial score (nSPS) is 11.8. The van der Waals surface area contributed by atoms with Crippen LogP contribution in [0.15, 0.2) is 24.3 Å². The summed E-state index contributed by atoms with van der Waals surface area (Å²) in [5, 5.41) is 0. The molecule has 0 fully saturated rings. The molecule has 26 heavy (non-hydrogen) atoms. The Labute approximate surface area is 158 Å². The second kappa shape index (κ2) is 13.4. The topological polar surface area (TPSA) is 52.6 Å². The second-order valence-corrected chi connectivity index (χ2v) is 6.71. The summed E-state index contributed by atoms with van der Waals surface area (Å²) in [5.41, 5.74) is 0.798. The Bertz CT molecular complexity index is 539. The third kappa shape index (κ3) is 8.50. The predicted octanol–water partition coefficient (Wildman–Crippen LogP) is 5.94. The summed E-state index contributed by atoms with van der Waals surface area (Å²) in [6, 6.07) is 6.61. The molecule has 4 nitrogen and oxygen atoms in total. The molecule has 4 heteroatoms. The molecule has 1 aromatic carbocycles. The molecule has 0 N–H and O–H groups in total. The Morgan fingerprint density at radius 3 is 2.19 bits per heavy atom. The van der Waals surface area contributed by atoms with Crippen LogP contribution in [0.3, 0.4) is 0 Å². The van der Waals surface area contributed by atoms with Gasteiger partial charge in [0.1, 0.15) is 6.10 Å². The Morgan fingerprint density at radius 2 is 1.54 bits per heavy atom. The van der Waals surface area contributed by atoms with Gasteiger partial charge in [-0.15, -0.1) is 0 Å². The number of hydrogen-bond acceptors (Lipinski definition) is 4. The fraction of sp³-hybridized carbons (Fsp3) is 0.636. The molecule has 0 saturated carbocycles. The van der Waals surface area contributed by atoms with E-state index in [9.17, 15) is 9.59 Å². The number of benzene rings is 1. The highest BCUT2D eigenvalue weighted by Gasteiger charge is 2.16. The van der Waals surface area contributed by atoms with E-state index in [1.807, 2.05) is 6.92 Å². The first-order valence-electron chi connectivity index (χ1n) is 10.1. The zero-order valence-corrected chi connectivity index (χ0v) is 16.6. The third-order valence-electron chi connectivity index (χ3n) is 4.42. The van der Waals surface area contributed by atoms with Crippen LogP contribution in [0, 0.1) is 0 Å². The van der Waals surface area contributed by atoms with Crippen LogP contribution < -0.4 is 0 Å². The van der Waals surface area contributed by atoms with Gasteiger partial charge >= 0.3 is 11.9 Å². The minimum atomic E-state index is -0.381. The summed E-state index contributed by atoms with van der Waals surface area (Å²) >= 11 is 0. The standard InChI is InChI=1S/C22H34O4/c1-4-7-9-10-11-16-25-21(23)18-13-12-14-19(17-18)22(24)26-20(6-3)15-8-5-2/h12-14,17,20H,4-11,15-16H2,1-3H3. The van der Waals surface area contributed by atoms with E-state index in [1.165, 1.54) is 19.3 Å². The van der Waals surface area contributed by atoms with Gasteiger partial charge in [0.05, 0.1) is 17.7 Å². The van der Waals surface area contributed by atoms with Gasteiger partial charge in [-0.05, 0) is 37.5 Å². The van der Waals surface area contributed by atoms with Gasteiger partial charge in [-0.25, -0.2) is 9.59 Å². The van der Waals surface area contributed by atoms with Crippen LogP contribution in [0.25, 0.3) is 0 Å². The van der Waals surface area contributed by atoms with Crippen LogP contribution in [0.4, 0.5) is 0 Å². The van der Waals surface area contributed by atoms with Gasteiger partial charge in [0.2, 0.25) is 0 Å². The highest BCUT2D eigenvalue weighted by Crippen LogP contribution is 2.14. The van der Waals surface area contributed by atoms with Crippen LogP contribution >= 0.6 is 0 Å². The summed E-state index contributed by atoms with van der Waals surface area (Å²) in [7, 11) is 0. The van der Waals surface area contributed by atoms with Crippen molar-refractivity contribution in [3.8, 4) is 0 Å². The quantitative estimate of drug-likeness (QED) is 0.322. The van der Waals surface area contributed by atoms with Crippen LogP contribution in [0.2, 0.25) is 0 Å². The molecule has 1 aromatic rings. The smallest absolute Gasteiger partial charge is 0.338 e. The summed E-state index contributed by atoms with van der Waals surface area (Å²) < 4.78 is 10.9. The van der Waals surface area contributed by atoms with Crippen LogP contribution in [0.5, 0.6) is 0 Å². The van der Waals surface area contributed by atoms with Crippen LogP contribution in [-0.4, -0.2) is 24.6 Å². The number of carbonyl (C=O) groups is 2. The molecule has 0 aromatic heterocycles. The fourth-order valence-corrected chi connectivity index (χ4v) is 2.72. The molecule has 0 heterocycles. The second-order valence-electron chi connectivity index (χ2n) is 6.71. The first-order chi connectivity index (χ1) is 12.6. The van der Waals surface area contributed by atoms with E-state index in [-0.39, 0.29) is 18.0 Å². The van der Waals surface area contributed by atoms with Crippen LogP contribution in [-0.2, 0) is 9.47 Å². The lowest BCUT2D eigenvalue weighted by Crippen LogP contribution is -2.18. The summed E-state index contributed by atoms with van der Waals surface area (Å²) in [6.07, 6.45) is 9.25. The molecule has 0 aliphatic carbocycles. The van der Waals surface area contributed by atoms with Crippen molar-refractivity contribution >= 4 is 11.9 Å². The van der Waals surface area contributed by atoms with Crippen molar-refractivity contribution in [1.29, 1.82) is 0 Å². The minimum Gasteiger partial charge on any atom is -0.462 e. The SMILES string of the molecule is CCCCCCCOC(=O)c1cccc(C(=O)OC(CC)CCCC)c1. The number of unbranched alkanes of at least 4 members (excludes halogenated alkanes) is 5. The zero-order chi connectivity index (χ0) is 19.2. The molecular formula is C22H34O4. The number of esters is 2. The van der Waals surface area contributed by atoms with Crippen molar-refractivity contribution in [1.82, 2.24) is 0 Å². The maximum Gasteiger partial charge on any atom is 0.338 e. The third-order valence-corrected chi connectivity index (χ3v) is 4.42. The number of carbonyl (C=O) groups excluding carboxylic acids is 2.